The molecule has 1 aliphatic carbocycles. The molecule has 6 nitrogen and oxygen atoms in total. The van der Waals surface area contributed by atoms with Crippen LogP contribution in [0.5, 0.6) is 0 Å². The Morgan fingerprint density at radius 1 is 1.24 bits per heavy atom. The first kappa shape index (κ1) is 16.5. The van der Waals surface area contributed by atoms with Gasteiger partial charge in [-0.2, -0.15) is 4.98 Å². The highest BCUT2D eigenvalue weighted by Gasteiger charge is 2.33. The molecule has 0 unspecified atom stereocenters. The molecule has 2 aliphatic rings. The number of aromatic nitrogens is 3. The minimum Gasteiger partial charge on any atom is -0.396 e. The standard InChI is InChI=1S/C18H22ClN5O/c19-15-8-14(9-21-16(15)4-6-25)22-18-20-5-3-17(23-18)24-10-12-1-2-13(7-12)11-24/h3,5,8-9,12-13,25H,1-2,4,6-7,10-11H2,(H,20,22,23)/t12-,13+. The fourth-order valence-corrected chi connectivity index (χ4v) is 4.20. The summed E-state index contributed by atoms with van der Waals surface area (Å²) in [6.45, 7) is 2.22. The normalized spacial score (nSPS) is 22.2. The van der Waals surface area contributed by atoms with Crippen molar-refractivity contribution in [2.75, 3.05) is 29.9 Å². The molecule has 2 bridgehead atoms. The predicted octanol–water partition coefficient (Wildman–Crippen LogP) is 3.04. The zero-order valence-electron chi connectivity index (χ0n) is 14.0. The van der Waals surface area contributed by atoms with Gasteiger partial charge in [0, 0.05) is 32.3 Å². The van der Waals surface area contributed by atoms with Crippen LogP contribution < -0.4 is 10.2 Å². The lowest BCUT2D eigenvalue weighted by Gasteiger charge is -2.32. The third-order valence-electron chi connectivity index (χ3n) is 5.09. The lowest BCUT2D eigenvalue weighted by molar-refractivity contribution is 0.298. The number of hydrogen-bond donors (Lipinski definition) is 2. The quantitative estimate of drug-likeness (QED) is 0.854. The number of piperidine rings is 1. The number of anilines is 3. The summed E-state index contributed by atoms with van der Waals surface area (Å²) < 4.78 is 0. The number of nitrogens with zero attached hydrogens (tertiary/aromatic N) is 4. The van der Waals surface area contributed by atoms with Gasteiger partial charge < -0.3 is 15.3 Å². The number of aliphatic hydroxyl groups is 1. The molecule has 0 aromatic carbocycles. The molecule has 2 aromatic rings. The van der Waals surface area contributed by atoms with Crippen molar-refractivity contribution in [3.8, 4) is 0 Å². The first-order chi connectivity index (χ1) is 12.2. The van der Waals surface area contributed by atoms with Crippen LogP contribution in [0.15, 0.2) is 24.5 Å². The number of nitrogens with one attached hydrogen (secondary N) is 1. The lowest BCUT2D eigenvalue weighted by Crippen LogP contribution is -2.36. The summed E-state index contributed by atoms with van der Waals surface area (Å²) in [4.78, 5) is 15.6. The fraction of sp³-hybridized carbons (Fsp3) is 0.500. The van der Waals surface area contributed by atoms with Crippen LogP contribution in [0.1, 0.15) is 25.0 Å². The van der Waals surface area contributed by atoms with Gasteiger partial charge in [0.25, 0.3) is 0 Å². The Balaban J connectivity index is 1.49. The molecular weight excluding hydrogens is 338 g/mol. The molecular formula is C18H22ClN5O. The molecule has 4 rings (SSSR count). The van der Waals surface area contributed by atoms with Crippen molar-refractivity contribution < 1.29 is 5.11 Å². The molecule has 0 amide bonds. The van der Waals surface area contributed by atoms with Crippen molar-refractivity contribution in [3.05, 3.63) is 35.2 Å². The van der Waals surface area contributed by atoms with Gasteiger partial charge in [-0.3, -0.25) is 4.98 Å². The molecule has 2 atom stereocenters. The SMILES string of the molecule is OCCc1ncc(Nc2nccc(N3C[C@@H]4CC[C@@H](C4)C3)n2)cc1Cl. The third kappa shape index (κ3) is 3.70. The molecule has 3 heterocycles. The van der Waals surface area contributed by atoms with Crippen LogP contribution in [-0.4, -0.2) is 39.8 Å². The van der Waals surface area contributed by atoms with E-state index in [-0.39, 0.29) is 6.61 Å². The molecule has 0 spiro atoms. The number of pyridine rings is 1. The van der Waals surface area contributed by atoms with Gasteiger partial charge in [-0.25, -0.2) is 4.98 Å². The highest BCUT2D eigenvalue weighted by Crippen LogP contribution is 2.37. The first-order valence-corrected chi connectivity index (χ1v) is 9.19. The van der Waals surface area contributed by atoms with Crippen LogP contribution in [0.3, 0.4) is 0 Å². The lowest BCUT2D eigenvalue weighted by atomic mass is 9.99. The van der Waals surface area contributed by atoms with E-state index >= 15 is 0 Å². The molecule has 7 heteroatoms. The maximum atomic E-state index is 9.01. The highest BCUT2D eigenvalue weighted by molar-refractivity contribution is 6.31. The fourth-order valence-electron chi connectivity index (χ4n) is 3.93. The van der Waals surface area contributed by atoms with E-state index in [0.29, 0.717) is 23.1 Å². The Kier molecular flexibility index (Phi) is 4.72. The number of rotatable bonds is 5. The zero-order chi connectivity index (χ0) is 17.2. The second-order valence-electron chi connectivity index (χ2n) is 6.94. The van der Waals surface area contributed by atoms with Crippen molar-refractivity contribution >= 4 is 29.1 Å². The number of fused-ring (bicyclic) bond motifs is 2. The Labute approximate surface area is 152 Å². The Hall–Kier alpha value is -1.92. The summed E-state index contributed by atoms with van der Waals surface area (Å²) in [5.41, 5.74) is 1.43. The van der Waals surface area contributed by atoms with Gasteiger partial charge >= 0.3 is 0 Å². The van der Waals surface area contributed by atoms with Crippen molar-refractivity contribution in [2.24, 2.45) is 11.8 Å². The summed E-state index contributed by atoms with van der Waals surface area (Å²) in [6.07, 6.45) is 7.99. The number of aliphatic hydroxyl groups excluding tert-OH is 1. The van der Waals surface area contributed by atoms with Crippen LogP contribution >= 0.6 is 11.6 Å². The number of halogens is 1. The molecule has 2 N–H and O–H groups in total. The summed E-state index contributed by atoms with van der Waals surface area (Å²) in [6, 6.07) is 3.77. The minimum absolute atomic E-state index is 0.0302. The van der Waals surface area contributed by atoms with E-state index in [1.165, 1.54) is 19.3 Å². The molecule has 1 aliphatic heterocycles. The Morgan fingerprint density at radius 2 is 2.04 bits per heavy atom. The van der Waals surface area contributed by atoms with E-state index in [0.717, 1.165) is 36.4 Å². The third-order valence-corrected chi connectivity index (χ3v) is 5.42. The molecule has 2 aromatic heterocycles. The highest BCUT2D eigenvalue weighted by atomic mass is 35.5. The van der Waals surface area contributed by atoms with Crippen molar-refractivity contribution in [2.45, 2.75) is 25.7 Å². The minimum atomic E-state index is 0.0302. The van der Waals surface area contributed by atoms with Crippen LogP contribution in [0.4, 0.5) is 17.5 Å². The molecule has 132 valence electrons. The molecule has 1 saturated heterocycles. The Morgan fingerprint density at radius 3 is 2.76 bits per heavy atom. The van der Waals surface area contributed by atoms with Crippen molar-refractivity contribution in [1.82, 2.24) is 15.0 Å². The summed E-state index contributed by atoms with van der Waals surface area (Å²) in [5, 5.41) is 12.7. The van der Waals surface area contributed by atoms with Gasteiger partial charge in [-0.15, -0.1) is 0 Å². The van der Waals surface area contributed by atoms with Gasteiger partial charge in [0.1, 0.15) is 5.82 Å². The van der Waals surface area contributed by atoms with E-state index in [9.17, 15) is 0 Å². The van der Waals surface area contributed by atoms with Crippen LogP contribution in [0, 0.1) is 11.8 Å². The molecule has 2 fully saturated rings. The van der Waals surface area contributed by atoms with Crippen molar-refractivity contribution in [3.63, 3.8) is 0 Å². The number of hydrogen-bond acceptors (Lipinski definition) is 6. The zero-order valence-corrected chi connectivity index (χ0v) is 14.8. The first-order valence-electron chi connectivity index (χ1n) is 8.81. The Bertz CT molecular complexity index is 744. The van der Waals surface area contributed by atoms with Gasteiger partial charge in [0.15, 0.2) is 0 Å². The van der Waals surface area contributed by atoms with Crippen LogP contribution in [-0.2, 0) is 6.42 Å². The summed E-state index contributed by atoms with van der Waals surface area (Å²) in [7, 11) is 0. The second kappa shape index (κ2) is 7.14. The largest absolute Gasteiger partial charge is 0.396 e. The summed E-state index contributed by atoms with van der Waals surface area (Å²) in [5.74, 6) is 3.15. The maximum absolute atomic E-state index is 9.01. The van der Waals surface area contributed by atoms with Gasteiger partial charge in [-0.1, -0.05) is 11.6 Å². The molecule has 1 saturated carbocycles. The average Bonchev–Trinajstić information content (AvgIpc) is 2.96. The van der Waals surface area contributed by atoms with E-state index in [1.54, 1.807) is 18.5 Å². The van der Waals surface area contributed by atoms with Gasteiger partial charge in [-0.05, 0) is 43.2 Å². The van der Waals surface area contributed by atoms with E-state index in [1.807, 2.05) is 6.07 Å². The van der Waals surface area contributed by atoms with Crippen LogP contribution in [0.25, 0.3) is 0 Å². The molecule has 0 radical (unpaired) electrons. The van der Waals surface area contributed by atoms with Crippen LogP contribution in [0.2, 0.25) is 5.02 Å². The smallest absolute Gasteiger partial charge is 0.229 e. The molecule has 25 heavy (non-hydrogen) atoms. The van der Waals surface area contributed by atoms with Gasteiger partial charge in [0.2, 0.25) is 5.95 Å². The monoisotopic (exact) mass is 359 g/mol. The van der Waals surface area contributed by atoms with Gasteiger partial charge in [0.05, 0.1) is 22.6 Å². The van der Waals surface area contributed by atoms with Crippen molar-refractivity contribution in [1.29, 1.82) is 0 Å². The average molecular weight is 360 g/mol. The van der Waals surface area contributed by atoms with E-state index < -0.39 is 0 Å². The summed E-state index contributed by atoms with van der Waals surface area (Å²) >= 11 is 6.20. The predicted molar refractivity (Wildman–Crippen MR) is 98.4 cm³/mol. The van der Waals surface area contributed by atoms with E-state index in [2.05, 4.69) is 25.2 Å². The second-order valence-corrected chi connectivity index (χ2v) is 7.35. The topological polar surface area (TPSA) is 74.2 Å². The maximum Gasteiger partial charge on any atom is 0.229 e. The van der Waals surface area contributed by atoms with E-state index in [4.69, 9.17) is 16.7 Å².